The fraction of sp³-hybridized carbons (Fsp3) is 0.333. The minimum Gasteiger partial charge on any atom is -0.412 e. The van der Waals surface area contributed by atoms with E-state index in [-0.39, 0.29) is 11.8 Å². The number of amides is 1. The Hall–Kier alpha value is -4.33. The second kappa shape index (κ2) is 9.20. The van der Waals surface area contributed by atoms with Gasteiger partial charge in [-0.25, -0.2) is 18.4 Å². The number of nitrogens with zero attached hydrogens (tertiary/aromatic N) is 8. The van der Waals surface area contributed by atoms with Gasteiger partial charge in [-0.2, -0.15) is 14.3 Å². The van der Waals surface area contributed by atoms with Gasteiger partial charge >= 0.3 is 11.8 Å². The molecule has 0 saturated heterocycles. The minimum absolute atomic E-state index is 0.00623. The van der Waals surface area contributed by atoms with Gasteiger partial charge in [-0.05, 0) is 38.3 Å². The number of rotatable bonds is 6. The van der Waals surface area contributed by atoms with Gasteiger partial charge in [0, 0.05) is 24.9 Å². The quantitative estimate of drug-likeness (QED) is 0.468. The molecule has 6 rings (SSSR count). The Kier molecular flexibility index (Phi) is 5.82. The Morgan fingerprint density at radius 1 is 1.29 bits per heavy atom. The number of hydrogen-bond donors (Lipinski definition) is 1. The zero-order valence-corrected chi connectivity index (χ0v) is 21.5. The summed E-state index contributed by atoms with van der Waals surface area (Å²) < 4.78 is 31.5. The zero-order chi connectivity index (χ0) is 26.4. The fourth-order valence-corrected chi connectivity index (χ4v) is 5.99. The molecule has 2 aliphatic heterocycles. The SMILES string of the molecule is C/C=C1/C(C)=CC=CN1/N=C/[C@H]1c2nc[nH]c2CCN1C(=O)c1nnc(-c2cnn(S(=O)(=O)C3CC3)c2)o1. The minimum atomic E-state index is -3.54. The predicted octanol–water partition coefficient (Wildman–Crippen LogP) is 2.40. The van der Waals surface area contributed by atoms with Crippen LogP contribution in [0.25, 0.3) is 11.5 Å². The Balaban J connectivity index is 1.26. The van der Waals surface area contributed by atoms with E-state index >= 15 is 0 Å². The highest BCUT2D eigenvalue weighted by atomic mass is 32.2. The summed E-state index contributed by atoms with van der Waals surface area (Å²) in [6.07, 6.45) is 15.5. The van der Waals surface area contributed by atoms with Crippen LogP contribution in [0.2, 0.25) is 0 Å². The second-order valence-electron chi connectivity index (χ2n) is 9.19. The highest BCUT2D eigenvalue weighted by Crippen LogP contribution is 2.31. The lowest BCUT2D eigenvalue weighted by Crippen LogP contribution is -2.41. The van der Waals surface area contributed by atoms with E-state index < -0.39 is 27.2 Å². The van der Waals surface area contributed by atoms with E-state index in [0.717, 1.165) is 21.1 Å². The molecule has 3 aromatic rings. The maximum absolute atomic E-state index is 13.5. The second-order valence-corrected chi connectivity index (χ2v) is 11.3. The van der Waals surface area contributed by atoms with Crippen LogP contribution in [0, 0.1) is 0 Å². The van der Waals surface area contributed by atoms with E-state index in [2.05, 4.69) is 30.4 Å². The summed E-state index contributed by atoms with van der Waals surface area (Å²) in [6, 6.07) is -0.572. The molecule has 1 fully saturated rings. The van der Waals surface area contributed by atoms with Crippen molar-refractivity contribution >= 4 is 22.1 Å². The van der Waals surface area contributed by atoms with Gasteiger partial charge in [-0.3, -0.25) is 4.79 Å². The predicted molar refractivity (Wildman–Crippen MR) is 136 cm³/mol. The Morgan fingerprint density at radius 3 is 2.92 bits per heavy atom. The molecule has 0 unspecified atom stereocenters. The molecule has 0 spiro atoms. The zero-order valence-electron chi connectivity index (χ0n) is 20.7. The molecule has 3 aromatic heterocycles. The molecule has 0 bridgehead atoms. The van der Waals surface area contributed by atoms with E-state index in [1.54, 1.807) is 22.5 Å². The maximum atomic E-state index is 13.5. The summed E-state index contributed by atoms with van der Waals surface area (Å²) in [5.74, 6) is -0.698. The number of carbonyl (C=O) groups excluding carboxylic acids is 1. The molecule has 1 saturated carbocycles. The van der Waals surface area contributed by atoms with Crippen molar-refractivity contribution in [3.05, 3.63) is 71.7 Å². The molecule has 5 heterocycles. The lowest BCUT2D eigenvalue weighted by Gasteiger charge is -2.32. The van der Waals surface area contributed by atoms with Gasteiger partial charge < -0.3 is 14.3 Å². The van der Waals surface area contributed by atoms with Crippen LogP contribution >= 0.6 is 0 Å². The summed E-state index contributed by atoms with van der Waals surface area (Å²) in [5.41, 5.74) is 3.93. The number of fused-ring (bicyclic) bond motifs is 1. The van der Waals surface area contributed by atoms with Crippen LogP contribution in [0.15, 0.2) is 63.9 Å². The van der Waals surface area contributed by atoms with Gasteiger partial charge in [0.05, 0.1) is 47.1 Å². The topological polar surface area (TPSA) is 155 Å². The van der Waals surface area contributed by atoms with Gasteiger partial charge in [0.25, 0.3) is 15.9 Å². The number of nitrogens with one attached hydrogen (secondary N) is 1. The summed E-state index contributed by atoms with van der Waals surface area (Å²) >= 11 is 0. The van der Waals surface area contributed by atoms with Crippen LogP contribution in [0.4, 0.5) is 0 Å². The first-order chi connectivity index (χ1) is 18.4. The molecule has 13 nitrogen and oxygen atoms in total. The van der Waals surface area contributed by atoms with Crippen LogP contribution in [-0.4, -0.2) is 71.6 Å². The number of hydrogen-bond acceptors (Lipinski definition) is 10. The molecule has 1 N–H and O–H groups in total. The third kappa shape index (κ3) is 4.16. The number of aromatic nitrogens is 6. The third-order valence-corrected chi connectivity index (χ3v) is 8.72. The molecule has 3 aliphatic rings. The van der Waals surface area contributed by atoms with Crippen LogP contribution < -0.4 is 0 Å². The number of aromatic amines is 1. The molecule has 1 amide bonds. The Morgan fingerprint density at radius 2 is 2.13 bits per heavy atom. The van der Waals surface area contributed by atoms with Crippen molar-refractivity contribution in [1.29, 1.82) is 0 Å². The molecule has 38 heavy (non-hydrogen) atoms. The van der Waals surface area contributed by atoms with Crippen molar-refractivity contribution in [1.82, 2.24) is 39.3 Å². The highest BCUT2D eigenvalue weighted by Gasteiger charge is 2.38. The smallest absolute Gasteiger partial charge is 0.312 e. The lowest BCUT2D eigenvalue weighted by atomic mass is 10.0. The molecule has 196 valence electrons. The van der Waals surface area contributed by atoms with Crippen molar-refractivity contribution in [2.45, 2.75) is 44.4 Å². The Bertz CT molecular complexity index is 1620. The van der Waals surface area contributed by atoms with Gasteiger partial charge in [0.1, 0.15) is 6.04 Å². The molecule has 14 heteroatoms. The first-order valence-corrected chi connectivity index (χ1v) is 13.7. The molecular weight excluding hydrogens is 510 g/mol. The number of H-pyrrole nitrogens is 1. The maximum Gasteiger partial charge on any atom is 0.312 e. The first kappa shape index (κ1) is 24.0. The van der Waals surface area contributed by atoms with E-state index in [9.17, 15) is 13.2 Å². The number of imidazole rings is 1. The van der Waals surface area contributed by atoms with Crippen LogP contribution in [0.5, 0.6) is 0 Å². The molecule has 0 aromatic carbocycles. The standard InChI is InChI=1S/C24H25N9O4S/c1-3-19-15(2)5-4-9-32(19)27-12-20-21-18(25-14-26-21)8-10-31(20)24(34)23-30-29-22(37-23)16-11-28-33(13-16)38(35,36)17-6-7-17/h3-5,9,11-14,17,20H,6-8,10H2,1-2H3,(H,25,26)/b19-3-,27-12+/t20-/m0/s1. The lowest BCUT2D eigenvalue weighted by molar-refractivity contribution is 0.0672. The first-order valence-electron chi connectivity index (χ1n) is 12.2. The van der Waals surface area contributed by atoms with Crippen molar-refractivity contribution in [2.75, 3.05) is 6.54 Å². The summed E-state index contributed by atoms with van der Waals surface area (Å²) in [7, 11) is -3.54. The molecule has 1 aliphatic carbocycles. The van der Waals surface area contributed by atoms with E-state index in [1.165, 1.54) is 12.4 Å². The summed E-state index contributed by atoms with van der Waals surface area (Å²) in [4.78, 5) is 22.7. The van der Waals surface area contributed by atoms with Crippen molar-refractivity contribution in [3.8, 4) is 11.5 Å². The number of allylic oxidation sites excluding steroid dienone is 4. The van der Waals surface area contributed by atoms with Gasteiger partial charge in [0.15, 0.2) is 0 Å². The summed E-state index contributed by atoms with van der Waals surface area (Å²) in [5, 5.41) is 17.8. The molecule has 0 radical (unpaired) electrons. The van der Waals surface area contributed by atoms with Gasteiger partial charge in [-0.1, -0.05) is 12.2 Å². The number of carbonyl (C=O) groups is 1. The third-order valence-electron chi connectivity index (χ3n) is 6.68. The normalized spacial score (nSPS) is 20.8. The largest absolute Gasteiger partial charge is 0.412 e. The highest BCUT2D eigenvalue weighted by molar-refractivity contribution is 7.90. The van der Waals surface area contributed by atoms with Gasteiger partial charge in [0.2, 0.25) is 0 Å². The van der Waals surface area contributed by atoms with Gasteiger partial charge in [-0.15, -0.1) is 10.2 Å². The molecule has 1 atom stereocenters. The monoisotopic (exact) mass is 535 g/mol. The van der Waals surface area contributed by atoms with E-state index in [1.807, 2.05) is 38.3 Å². The number of hydrazone groups is 1. The summed E-state index contributed by atoms with van der Waals surface area (Å²) in [6.45, 7) is 4.32. The van der Waals surface area contributed by atoms with E-state index in [4.69, 9.17) is 4.42 Å². The van der Waals surface area contributed by atoms with E-state index in [0.29, 0.717) is 37.1 Å². The Labute approximate surface area is 218 Å². The van der Waals surface area contributed by atoms with Crippen LogP contribution in [-0.2, 0) is 16.4 Å². The van der Waals surface area contributed by atoms with Crippen LogP contribution in [0.1, 0.15) is 54.8 Å². The average molecular weight is 536 g/mol. The average Bonchev–Trinajstić information content (AvgIpc) is 3.29. The van der Waals surface area contributed by atoms with Crippen molar-refractivity contribution < 1.29 is 17.6 Å². The van der Waals surface area contributed by atoms with Crippen LogP contribution in [0.3, 0.4) is 0 Å². The van der Waals surface area contributed by atoms with Crippen molar-refractivity contribution in [3.63, 3.8) is 0 Å². The van der Waals surface area contributed by atoms with Crippen molar-refractivity contribution in [2.24, 2.45) is 5.10 Å². The fourth-order valence-electron chi connectivity index (χ4n) is 4.52. The molecular formula is C24H25N9O4S.